The molecule has 1 heterocycles. The lowest BCUT2D eigenvalue weighted by Gasteiger charge is -2.21. The van der Waals surface area contributed by atoms with Crippen molar-refractivity contribution in [3.8, 4) is 0 Å². The molecule has 0 unspecified atom stereocenters. The first-order valence-corrected chi connectivity index (χ1v) is 8.52. The highest BCUT2D eigenvalue weighted by Gasteiger charge is 2.26. The quantitative estimate of drug-likeness (QED) is 0.716. The minimum absolute atomic E-state index is 0.00806. The molecule has 0 radical (unpaired) electrons. The maximum atomic E-state index is 12.0. The van der Waals surface area contributed by atoms with Gasteiger partial charge in [0.2, 0.25) is 0 Å². The molecule has 6 nitrogen and oxygen atoms in total. The number of urea groups is 1. The lowest BCUT2D eigenvalue weighted by molar-refractivity contribution is 0.0368. The van der Waals surface area contributed by atoms with Gasteiger partial charge in [-0.2, -0.15) is 0 Å². The standard InChI is InChI=1S/C16H20N2O4S/c1-16(20,14-8-5-10-22-14)12-18-15(19)17-9-11-23(21)13-6-3-2-4-7-13/h2-8,10,20H,9,11-12H2,1H3,(H2,17,18,19)/t16-,23-/m0/s1. The molecule has 0 aliphatic rings. The van der Waals surface area contributed by atoms with Gasteiger partial charge in [0.1, 0.15) is 11.4 Å². The van der Waals surface area contributed by atoms with Crippen LogP contribution in [0.1, 0.15) is 12.7 Å². The lowest BCUT2D eigenvalue weighted by Crippen LogP contribution is -2.44. The topological polar surface area (TPSA) is 91.6 Å². The van der Waals surface area contributed by atoms with Crippen LogP contribution in [0.5, 0.6) is 0 Å². The zero-order chi connectivity index (χ0) is 16.7. The second kappa shape index (κ2) is 7.94. The molecule has 0 aliphatic carbocycles. The van der Waals surface area contributed by atoms with E-state index >= 15 is 0 Å². The number of aliphatic hydroxyl groups is 1. The van der Waals surface area contributed by atoms with Gasteiger partial charge in [-0.25, -0.2) is 4.79 Å². The van der Waals surface area contributed by atoms with Crippen molar-refractivity contribution in [1.29, 1.82) is 0 Å². The van der Waals surface area contributed by atoms with E-state index in [-0.39, 0.29) is 13.1 Å². The molecule has 0 saturated heterocycles. The van der Waals surface area contributed by atoms with Crippen LogP contribution in [-0.4, -0.2) is 34.2 Å². The summed E-state index contributed by atoms with van der Waals surface area (Å²) in [6, 6.07) is 12.0. The SMILES string of the molecule is C[C@](O)(CNC(=O)NCC[S@](=O)c1ccccc1)c1ccco1. The number of furan rings is 1. The van der Waals surface area contributed by atoms with Crippen LogP contribution in [0.25, 0.3) is 0 Å². The number of amides is 2. The highest BCUT2D eigenvalue weighted by atomic mass is 32.2. The average Bonchev–Trinajstić information content (AvgIpc) is 3.09. The summed E-state index contributed by atoms with van der Waals surface area (Å²) in [6.45, 7) is 1.83. The summed E-state index contributed by atoms with van der Waals surface area (Å²) in [5.41, 5.74) is -1.28. The third kappa shape index (κ3) is 5.22. The highest BCUT2D eigenvalue weighted by Crippen LogP contribution is 2.19. The zero-order valence-corrected chi connectivity index (χ0v) is 13.6. The summed E-state index contributed by atoms with van der Waals surface area (Å²) in [6.07, 6.45) is 1.46. The molecular formula is C16H20N2O4S. The molecule has 0 saturated carbocycles. The fourth-order valence-corrected chi connectivity index (χ4v) is 2.92. The minimum Gasteiger partial charge on any atom is -0.466 e. The van der Waals surface area contributed by atoms with Gasteiger partial charge in [-0.05, 0) is 31.2 Å². The van der Waals surface area contributed by atoms with Crippen LogP contribution in [0.4, 0.5) is 4.79 Å². The molecule has 0 aliphatic heterocycles. The van der Waals surface area contributed by atoms with E-state index in [0.29, 0.717) is 11.5 Å². The van der Waals surface area contributed by atoms with Gasteiger partial charge in [0, 0.05) is 17.2 Å². The first-order chi connectivity index (χ1) is 11.0. The average molecular weight is 336 g/mol. The van der Waals surface area contributed by atoms with Gasteiger partial charge >= 0.3 is 6.03 Å². The Morgan fingerprint density at radius 2 is 1.96 bits per heavy atom. The third-order valence-electron chi connectivity index (χ3n) is 3.22. The maximum absolute atomic E-state index is 12.0. The Balaban J connectivity index is 1.70. The number of rotatable bonds is 7. The fraction of sp³-hybridized carbons (Fsp3) is 0.312. The van der Waals surface area contributed by atoms with E-state index in [1.54, 1.807) is 31.2 Å². The van der Waals surface area contributed by atoms with E-state index in [4.69, 9.17) is 4.42 Å². The first-order valence-electron chi connectivity index (χ1n) is 7.20. The summed E-state index contributed by atoms with van der Waals surface area (Å²) in [5, 5.41) is 15.4. The molecule has 0 fully saturated rings. The Hall–Kier alpha value is -2.12. The molecule has 2 rings (SSSR count). The van der Waals surface area contributed by atoms with Gasteiger partial charge in [-0.15, -0.1) is 0 Å². The Kier molecular flexibility index (Phi) is 5.95. The number of benzene rings is 1. The Morgan fingerprint density at radius 3 is 2.61 bits per heavy atom. The van der Waals surface area contributed by atoms with E-state index < -0.39 is 22.4 Å². The molecule has 23 heavy (non-hydrogen) atoms. The molecule has 2 aromatic rings. The number of hydrogen-bond donors (Lipinski definition) is 3. The Labute approximate surface area is 137 Å². The summed E-state index contributed by atoms with van der Waals surface area (Å²) in [4.78, 5) is 12.4. The molecule has 2 atom stereocenters. The van der Waals surface area contributed by atoms with Crippen molar-refractivity contribution in [3.63, 3.8) is 0 Å². The highest BCUT2D eigenvalue weighted by molar-refractivity contribution is 7.85. The summed E-state index contributed by atoms with van der Waals surface area (Å²) >= 11 is 0. The van der Waals surface area contributed by atoms with Crippen molar-refractivity contribution < 1.29 is 18.5 Å². The van der Waals surface area contributed by atoms with Gasteiger partial charge in [-0.1, -0.05) is 18.2 Å². The number of carbonyl (C=O) groups excluding carboxylic acids is 1. The molecule has 7 heteroatoms. The second-order valence-electron chi connectivity index (χ2n) is 5.22. The van der Waals surface area contributed by atoms with Crippen LogP contribution in [0.2, 0.25) is 0 Å². The molecule has 0 bridgehead atoms. The van der Waals surface area contributed by atoms with Gasteiger partial charge in [0.15, 0.2) is 0 Å². The van der Waals surface area contributed by atoms with Crippen LogP contribution >= 0.6 is 0 Å². The predicted octanol–water partition coefficient (Wildman–Crippen LogP) is 1.59. The van der Waals surface area contributed by atoms with Crippen molar-refractivity contribution in [2.75, 3.05) is 18.8 Å². The summed E-state index contributed by atoms with van der Waals surface area (Å²) in [5.74, 6) is 0.703. The van der Waals surface area contributed by atoms with Crippen molar-refractivity contribution in [3.05, 3.63) is 54.5 Å². The third-order valence-corrected chi connectivity index (χ3v) is 4.60. The van der Waals surface area contributed by atoms with Crippen LogP contribution in [0.3, 0.4) is 0 Å². The summed E-state index contributed by atoms with van der Waals surface area (Å²) < 4.78 is 17.1. The number of carbonyl (C=O) groups is 1. The second-order valence-corrected chi connectivity index (χ2v) is 6.79. The monoisotopic (exact) mass is 336 g/mol. The minimum atomic E-state index is -1.28. The van der Waals surface area contributed by atoms with Crippen molar-refractivity contribution in [2.24, 2.45) is 0 Å². The van der Waals surface area contributed by atoms with E-state index in [0.717, 1.165) is 4.90 Å². The number of hydrogen-bond acceptors (Lipinski definition) is 4. The van der Waals surface area contributed by atoms with Crippen molar-refractivity contribution in [1.82, 2.24) is 10.6 Å². The van der Waals surface area contributed by atoms with Crippen LogP contribution in [0, 0.1) is 0 Å². The first kappa shape index (κ1) is 17.2. The Bertz CT molecular complexity index is 641. The fourth-order valence-electron chi connectivity index (χ4n) is 1.93. The van der Waals surface area contributed by atoms with Crippen LogP contribution in [0.15, 0.2) is 58.0 Å². The van der Waals surface area contributed by atoms with E-state index in [1.807, 2.05) is 18.2 Å². The summed E-state index contributed by atoms with van der Waals surface area (Å²) in [7, 11) is -1.15. The van der Waals surface area contributed by atoms with Crippen molar-refractivity contribution in [2.45, 2.75) is 17.4 Å². The predicted molar refractivity (Wildman–Crippen MR) is 87.4 cm³/mol. The van der Waals surface area contributed by atoms with Gasteiger partial charge in [-0.3, -0.25) is 4.21 Å². The van der Waals surface area contributed by atoms with E-state index in [1.165, 1.54) is 6.26 Å². The Morgan fingerprint density at radius 1 is 1.22 bits per heavy atom. The van der Waals surface area contributed by atoms with Gasteiger partial charge in [0.25, 0.3) is 0 Å². The van der Waals surface area contributed by atoms with E-state index in [2.05, 4.69) is 10.6 Å². The zero-order valence-electron chi connectivity index (χ0n) is 12.8. The van der Waals surface area contributed by atoms with Crippen molar-refractivity contribution >= 4 is 16.8 Å². The van der Waals surface area contributed by atoms with Crippen LogP contribution < -0.4 is 10.6 Å². The molecule has 124 valence electrons. The van der Waals surface area contributed by atoms with Gasteiger partial charge in [0.05, 0.1) is 23.6 Å². The molecule has 0 spiro atoms. The molecule has 2 amide bonds. The maximum Gasteiger partial charge on any atom is 0.314 e. The smallest absolute Gasteiger partial charge is 0.314 e. The molecule has 1 aromatic heterocycles. The largest absolute Gasteiger partial charge is 0.466 e. The molecular weight excluding hydrogens is 316 g/mol. The van der Waals surface area contributed by atoms with Gasteiger partial charge < -0.3 is 20.2 Å². The normalized spacial score (nSPS) is 14.7. The van der Waals surface area contributed by atoms with Crippen LogP contribution in [-0.2, 0) is 16.4 Å². The molecule has 3 N–H and O–H groups in total. The molecule has 1 aromatic carbocycles. The van der Waals surface area contributed by atoms with E-state index in [9.17, 15) is 14.1 Å². The number of nitrogens with one attached hydrogen (secondary N) is 2. The lowest BCUT2D eigenvalue weighted by atomic mass is 10.0.